The molecule has 6 unspecified atom stereocenters. The van der Waals surface area contributed by atoms with Crippen molar-refractivity contribution < 1.29 is 22.6 Å². The van der Waals surface area contributed by atoms with Crippen molar-refractivity contribution in [2.45, 2.75) is 50.6 Å². The lowest BCUT2D eigenvalue weighted by Crippen LogP contribution is -2.59. The summed E-state index contributed by atoms with van der Waals surface area (Å²) < 4.78 is 50.1. The molecule has 4 aliphatic rings. The Kier molecular flexibility index (Phi) is 4.56. The molecule has 0 amide bonds. The highest BCUT2D eigenvalue weighted by Crippen LogP contribution is 2.87. The molecule has 178 valence electrons. The molecule has 4 fully saturated rings. The minimum Gasteiger partial charge on any atom is -0.402 e. The number of hydrogen-bond donors (Lipinski definition) is 1. The van der Waals surface area contributed by atoms with E-state index in [1.807, 2.05) is 0 Å². The number of alkyl halides is 3. The molecular formula is C23H28F3N5O2. The molecule has 2 aromatic rings. The van der Waals surface area contributed by atoms with E-state index in [1.54, 1.807) is 0 Å². The lowest BCUT2D eigenvalue weighted by atomic mass is 9.60. The number of rotatable bonds is 6. The van der Waals surface area contributed by atoms with Crippen molar-refractivity contribution in [3.8, 4) is 17.0 Å². The summed E-state index contributed by atoms with van der Waals surface area (Å²) in [5, 5.41) is 4.85. The predicted octanol–water partition coefficient (Wildman–Crippen LogP) is 3.62. The first-order chi connectivity index (χ1) is 15.8. The second kappa shape index (κ2) is 7.09. The van der Waals surface area contributed by atoms with Gasteiger partial charge in [0.15, 0.2) is 11.6 Å². The van der Waals surface area contributed by atoms with E-state index in [1.165, 1.54) is 24.4 Å². The van der Waals surface area contributed by atoms with E-state index in [4.69, 9.17) is 15.6 Å². The summed E-state index contributed by atoms with van der Waals surface area (Å²) in [6, 6.07) is 4.15. The Morgan fingerprint density at radius 3 is 2.70 bits per heavy atom. The summed E-state index contributed by atoms with van der Waals surface area (Å²) in [4.78, 5) is 6.53. The average molecular weight is 464 g/mol. The SMILES string of the molecule is CCC(C)n1nc(-c2cnc(N)c(OC(F)(F)F)c2)cc1C12C3CC1C2C3N1CCOCC1. The van der Waals surface area contributed by atoms with Crippen molar-refractivity contribution >= 4 is 5.82 Å². The zero-order valence-corrected chi connectivity index (χ0v) is 18.7. The van der Waals surface area contributed by atoms with Gasteiger partial charge >= 0.3 is 6.36 Å². The van der Waals surface area contributed by atoms with E-state index in [9.17, 15) is 13.2 Å². The van der Waals surface area contributed by atoms with Gasteiger partial charge in [0.1, 0.15) is 0 Å². The maximum atomic E-state index is 12.8. The maximum Gasteiger partial charge on any atom is 0.573 e. The molecule has 6 rings (SSSR count). The van der Waals surface area contributed by atoms with Gasteiger partial charge in [0.2, 0.25) is 0 Å². The molecule has 33 heavy (non-hydrogen) atoms. The summed E-state index contributed by atoms with van der Waals surface area (Å²) in [5.74, 6) is 1.14. The Hall–Kier alpha value is -2.33. The Balaban J connectivity index is 1.33. The quantitative estimate of drug-likeness (QED) is 0.705. The van der Waals surface area contributed by atoms with Gasteiger partial charge in [0.25, 0.3) is 0 Å². The van der Waals surface area contributed by atoms with Crippen molar-refractivity contribution in [2.75, 3.05) is 32.0 Å². The zero-order chi connectivity index (χ0) is 23.1. The van der Waals surface area contributed by atoms with E-state index < -0.39 is 12.1 Å². The lowest BCUT2D eigenvalue weighted by molar-refractivity contribution is -0.274. The number of morpholine rings is 1. The summed E-state index contributed by atoms with van der Waals surface area (Å²) in [7, 11) is 0. The van der Waals surface area contributed by atoms with Crippen molar-refractivity contribution in [2.24, 2.45) is 17.8 Å². The van der Waals surface area contributed by atoms with Crippen LogP contribution in [0.3, 0.4) is 0 Å². The van der Waals surface area contributed by atoms with Crippen LogP contribution >= 0.6 is 0 Å². The minimum atomic E-state index is -4.84. The smallest absolute Gasteiger partial charge is 0.402 e. The zero-order valence-electron chi connectivity index (χ0n) is 18.7. The topological polar surface area (TPSA) is 78.4 Å². The highest BCUT2D eigenvalue weighted by atomic mass is 19.4. The second-order valence-electron chi connectivity index (χ2n) is 9.82. The standard InChI is InChI=1S/C23H28F3N5O2/c1-3-12(2)31-18(22-14-9-15(22)20(19(14)22)30-4-6-32-7-5-30)10-16(29-31)13-8-17(21(27)28-11-13)33-23(24,25)26/h8,10-12,14-15,19-20H,3-7,9H2,1-2H3,(H2,27,28). The summed E-state index contributed by atoms with van der Waals surface area (Å²) >= 11 is 0. The first kappa shape index (κ1) is 21.2. The van der Waals surface area contributed by atoms with Gasteiger partial charge in [0, 0.05) is 48.0 Å². The van der Waals surface area contributed by atoms with Gasteiger partial charge in [-0.25, -0.2) is 4.98 Å². The maximum absolute atomic E-state index is 12.8. The largest absolute Gasteiger partial charge is 0.573 e. The number of aromatic nitrogens is 3. The molecule has 1 aliphatic heterocycles. The monoisotopic (exact) mass is 463 g/mol. The van der Waals surface area contributed by atoms with Crippen molar-refractivity contribution in [3.05, 3.63) is 24.0 Å². The fourth-order valence-corrected chi connectivity index (χ4v) is 6.84. The third-order valence-corrected chi connectivity index (χ3v) is 8.45. The number of nitrogens with two attached hydrogens (primary N) is 1. The van der Waals surface area contributed by atoms with Crippen LogP contribution in [0.15, 0.2) is 18.3 Å². The van der Waals surface area contributed by atoms with Crippen LogP contribution < -0.4 is 10.5 Å². The minimum absolute atomic E-state index is 0.171. The second-order valence-corrected chi connectivity index (χ2v) is 9.82. The first-order valence-electron chi connectivity index (χ1n) is 11.7. The number of fused-ring (bicyclic) bond motifs is 1. The van der Waals surface area contributed by atoms with Gasteiger partial charge in [-0.3, -0.25) is 9.58 Å². The molecule has 3 heterocycles. The van der Waals surface area contributed by atoms with Crippen LogP contribution in [0.1, 0.15) is 38.4 Å². The van der Waals surface area contributed by atoms with Gasteiger partial charge in [-0.05, 0) is 49.7 Å². The molecular weight excluding hydrogens is 435 g/mol. The summed E-state index contributed by atoms with van der Waals surface area (Å²) in [5.41, 5.74) is 8.09. The Morgan fingerprint density at radius 1 is 1.27 bits per heavy atom. The van der Waals surface area contributed by atoms with E-state index in [-0.39, 0.29) is 17.3 Å². The van der Waals surface area contributed by atoms with Gasteiger partial charge in [-0.15, -0.1) is 13.2 Å². The number of pyridine rings is 1. The van der Waals surface area contributed by atoms with E-state index in [2.05, 4.69) is 39.2 Å². The van der Waals surface area contributed by atoms with E-state index >= 15 is 0 Å². The highest BCUT2D eigenvalue weighted by Gasteiger charge is 2.90. The molecule has 7 nitrogen and oxygen atoms in total. The van der Waals surface area contributed by atoms with Gasteiger partial charge in [-0.1, -0.05) is 6.92 Å². The van der Waals surface area contributed by atoms with Gasteiger partial charge in [-0.2, -0.15) is 5.10 Å². The number of anilines is 1. The summed E-state index contributed by atoms with van der Waals surface area (Å²) in [6.45, 7) is 7.85. The van der Waals surface area contributed by atoms with Gasteiger partial charge in [0.05, 0.1) is 18.9 Å². The molecule has 3 aliphatic carbocycles. The third kappa shape index (κ3) is 2.96. The lowest BCUT2D eigenvalue weighted by Gasteiger charge is -2.52. The molecule has 0 aromatic carbocycles. The Labute approximate surface area is 190 Å². The van der Waals surface area contributed by atoms with Crippen molar-refractivity contribution in [1.82, 2.24) is 19.7 Å². The van der Waals surface area contributed by atoms with Crippen LogP contribution in [0, 0.1) is 17.8 Å². The fraction of sp³-hybridized carbons (Fsp3) is 0.652. The first-order valence-corrected chi connectivity index (χ1v) is 11.7. The molecule has 2 aromatic heterocycles. The fourth-order valence-electron chi connectivity index (χ4n) is 6.84. The Morgan fingerprint density at radius 2 is 2.03 bits per heavy atom. The molecule has 6 atom stereocenters. The normalized spacial score (nSPS) is 33.6. The van der Waals surface area contributed by atoms with Crippen LogP contribution in [0.2, 0.25) is 0 Å². The number of nitrogen functional groups attached to an aromatic ring is 1. The average Bonchev–Trinajstić information content (AvgIpc) is 3.21. The predicted molar refractivity (Wildman–Crippen MR) is 115 cm³/mol. The highest BCUT2D eigenvalue weighted by molar-refractivity contribution is 5.66. The number of hydrogen-bond acceptors (Lipinski definition) is 6. The van der Waals surface area contributed by atoms with Crippen LogP contribution in [-0.2, 0) is 10.2 Å². The van der Waals surface area contributed by atoms with Crippen LogP contribution in [0.4, 0.5) is 19.0 Å². The summed E-state index contributed by atoms with van der Waals surface area (Å²) in [6.07, 6.45) is -1.20. The number of ether oxygens (including phenoxy) is 2. The van der Waals surface area contributed by atoms with Crippen LogP contribution in [-0.4, -0.2) is 58.4 Å². The molecule has 3 saturated carbocycles. The molecule has 10 heteroatoms. The van der Waals surface area contributed by atoms with Crippen molar-refractivity contribution in [3.63, 3.8) is 0 Å². The number of halogens is 3. The molecule has 2 N–H and O–H groups in total. The third-order valence-electron chi connectivity index (χ3n) is 8.45. The Bertz CT molecular complexity index is 1070. The van der Waals surface area contributed by atoms with Crippen LogP contribution in [0.25, 0.3) is 11.3 Å². The molecule has 0 bridgehead atoms. The molecule has 1 saturated heterocycles. The van der Waals surface area contributed by atoms with Gasteiger partial charge < -0.3 is 15.2 Å². The van der Waals surface area contributed by atoms with Crippen molar-refractivity contribution in [1.29, 1.82) is 0 Å². The molecule has 0 spiro atoms. The number of nitrogens with zero attached hydrogens (tertiary/aromatic N) is 4. The van der Waals surface area contributed by atoms with E-state index in [0.29, 0.717) is 35.1 Å². The van der Waals surface area contributed by atoms with Crippen LogP contribution in [0.5, 0.6) is 5.75 Å². The van der Waals surface area contributed by atoms with E-state index in [0.717, 1.165) is 32.7 Å². The molecule has 0 radical (unpaired) electrons.